The zero-order valence-electron chi connectivity index (χ0n) is 5.48. The molecule has 0 aromatic carbocycles. The lowest BCUT2D eigenvalue weighted by atomic mass is 9.98. The molecule has 8 heavy (non-hydrogen) atoms. The molecule has 0 heterocycles. The molecule has 0 aliphatic carbocycles. The molecule has 0 saturated heterocycles. The molecule has 0 aromatic heterocycles. The SMILES string of the molecule is BC(CC)OCC#C. The summed E-state index contributed by atoms with van der Waals surface area (Å²) in [5.41, 5.74) is 0. The van der Waals surface area contributed by atoms with Gasteiger partial charge in [0.05, 0.1) is 0 Å². The van der Waals surface area contributed by atoms with Gasteiger partial charge in [-0.2, -0.15) is 0 Å². The van der Waals surface area contributed by atoms with E-state index in [-0.39, 0.29) is 0 Å². The second kappa shape index (κ2) is 4.74. The minimum absolute atomic E-state index is 0.311. The Morgan fingerprint density at radius 1 is 1.88 bits per heavy atom. The summed E-state index contributed by atoms with van der Waals surface area (Å²) in [4.78, 5) is 0. The Hall–Kier alpha value is -0.415. The normalized spacial score (nSPS) is 12.5. The average Bonchev–Trinajstić information content (AvgIpc) is 1.83. The van der Waals surface area contributed by atoms with Crippen LogP contribution in [-0.2, 0) is 4.74 Å². The summed E-state index contributed by atoms with van der Waals surface area (Å²) in [6.07, 6.45) is 5.99. The first-order chi connectivity index (χ1) is 3.81. The van der Waals surface area contributed by atoms with Crippen LogP contribution in [0.2, 0.25) is 0 Å². The molecule has 1 nitrogen and oxygen atoms in total. The van der Waals surface area contributed by atoms with E-state index in [1.54, 1.807) is 0 Å². The Balaban J connectivity index is 3.01. The van der Waals surface area contributed by atoms with Crippen molar-refractivity contribution >= 4 is 7.85 Å². The maximum absolute atomic E-state index is 5.10. The molecule has 0 fully saturated rings. The van der Waals surface area contributed by atoms with Crippen LogP contribution in [0.5, 0.6) is 0 Å². The van der Waals surface area contributed by atoms with Gasteiger partial charge in [0, 0.05) is 6.00 Å². The third-order valence-corrected chi connectivity index (χ3v) is 1.03. The van der Waals surface area contributed by atoms with Gasteiger partial charge in [-0.05, 0) is 6.42 Å². The lowest BCUT2D eigenvalue weighted by Gasteiger charge is -2.05. The van der Waals surface area contributed by atoms with Crippen molar-refractivity contribution in [3.05, 3.63) is 0 Å². The van der Waals surface area contributed by atoms with Crippen LogP contribution in [0, 0.1) is 12.3 Å². The standard InChI is InChI=1S/C6H11BO/c1-3-5-8-6(7)4-2/h1,6H,4-5,7H2,2H3. The van der Waals surface area contributed by atoms with Crippen LogP contribution >= 0.6 is 0 Å². The smallest absolute Gasteiger partial charge is 0.139 e. The summed E-state index contributed by atoms with van der Waals surface area (Å²) in [5.74, 6) is 2.41. The van der Waals surface area contributed by atoms with Gasteiger partial charge in [-0.25, -0.2) is 0 Å². The van der Waals surface area contributed by atoms with E-state index >= 15 is 0 Å². The molecule has 1 atom stereocenters. The van der Waals surface area contributed by atoms with Gasteiger partial charge in [-0.15, -0.1) is 6.42 Å². The molecule has 1 unspecified atom stereocenters. The lowest BCUT2D eigenvalue weighted by Crippen LogP contribution is -2.10. The van der Waals surface area contributed by atoms with Crippen LogP contribution in [0.4, 0.5) is 0 Å². The summed E-state index contributed by atoms with van der Waals surface area (Å²) < 4.78 is 5.10. The first-order valence-corrected chi connectivity index (χ1v) is 2.86. The summed E-state index contributed by atoms with van der Waals surface area (Å²) in [7, 11) is 2.01. The van der Waals surface area contributed by atoms with E-state index in [0.717, 1.165) is 6.42 Å². The molecule has 0 saturated carbocycles. The summed E-state index contributed by atoms with van der Waals surface area (Å²) in [5, 5.41) is 0. The quantitative estimate of drug-likeness (QED) is 0.367. The van der Waals surface area contributed by atoms with E-state index in [1.807, 2.05) is 7.85 Å². The molecule has 0 aromatic rings. The zero-order chi connectivity index (χ0) is 6.41. The highest BCUT2D eigenvalue weighted by Gasteiger charge is 1.93. The Morgan fingerprint density at radius 3 is 2.88 bits per heavy atom. The first kappa shape index (κ1) is 7.58. The van der Waals surface area contributed by atoms with Crippen LogP contribution in [0.3, 0.4) is 0 Å². The minimum Gasteiger partial charge on any atom is -0.375 e. The van der Waals surface area contributed by atoms with Crippen molar-refractivity contribution in [1.29, 1.82) is 0 Å². The highest BCUT2D eigenvalue weighted by atomic mass is 16.5. The first-order valence-electron chi connectivity index (χ1n) is 2.86. The largest absolute Gasteiger partial charge is 0.375 e. The maximum atomic E-state index is 5.10. The van der Waals surface area contributed by atoms with Crippen molar-refractivity contribution < 1.29 is 4.74 Å². The minimum atomic E-state index is 0.311. The predicted molar refractivity (Wildman–Crippen MR) is 37.4 cm³/mol. The Labute approximate surface area is 51.8 Å². The van der Waals surface area contributed by atoms with Crippen molar-refractivity contribution in [2.75, 3.05) is 6.61 Å². The molecule has 0 aliphatic rings. The average molecular weight is 110 g/mol. The van der Waals surface area contributed by atoms with E-state index in [9.17, 15) is 0 Å². The van der Waals surface area contributed by atoms with Gasteiger partial charge >= 0.3 is 0 Å². The van der Waals surface area contributed by atoms with Crippen molar-refractivity contribution in [3.8, 4) is 12.3 Å². The molecule has 0 amide bonds. The van der Waals surface area contributed by atoms with Crippen molar-refractivity contribution in [3.63, 3.8) is 0 Å². The van der Waals surface area contributed by atoms with Crippen molar-refractivity contribution in [2.24, 2.45) is 0 Å². The van der Waals surface area contributed by atoms with Crippen LogP contribution in [0.25, 0.3) is 0 Å². The third-order valence-electron chi connectivity index (χ3n) is 1.03. The van der Waals surface area contributed by atoms with E-state index in [0.29, 0.717) is 12.6 Å². The molecular weight excluding hydrogens is 98.9 g/mol. The fourth-order valence-electron chi connectivity index (χ4n) is 0.308. The predicted octanol–water partition coefficient (Wildman–Crippen LogP) is 0.00540. The van der Waals surface area contributed by atoms with Gasteiger partial charge in [0.25, 0.3) is 0 Å². The highest BCUT2D eigenvalue weighted by molar-refractivity contribution is 6.10. The third kappa shape index (κ3) is 3.76. The molecule has 0 bridgehead atoms. The fourth-order valence-corrected chi connectivity index (χ4v) is 0.308. The Bertz CT molecular complexity index is 85.0. The number of terminal acetylenes is 1. The molecular formula is C6H11BO. The number of rotatable bonds is 3. The van der Waals surface area contributed by atoms with E-state index in [4.69, 9.17) is 11.2 Å². The number of hydrogen-bond donors (Lipinski definition) is 0. The van der Waals surface area contributed by atoms with Gasteiger partial charge in [0.2, 0.25) is 0 Å². The van der Waals surface area contributed by atoms with Gasteiger partial charge in [0.15, 0.2) is 0 Å². The van der Waals surface area contributed by atoms with Crippen molar-refractivity contribution in [1.82, 2.24) is 0 Å². The number of ether oxygens (including phenoxy) is 1. The molecule has 2 heteroatoms. The highest BCUT2D eigenvalue weighted by Crippen LogP contribution is 1.88. The molecule has 0 rings (SSSR count). The van der Waals surface area contributed by atoms with Gasteiger partial charge in [-0.1, -0.05) is 12.8 Å². The van der Waals surface area contributed by atoms with E-state index in [2.05, 4.69) is 12.8 Å². The lowest BCUT2D eigenvalue weighted by molar-refractivity contribution is 0.135. The van der Waals surface area contributed by atoms with Crippen LogP contribution < -0.4 is 0 Å². The maximum Gasteiger partial charge on any atom is 0.139 e. The summed E-state index contributed by atoms with van der Waals surface area (Å²) >= 11 is 0. The second-order valence-electron chi connectivity index (χ2n) is 1.73. The van der Waals surface area contributed by atoms with Crippen LogP contribution in [-0.4, -0.2) is 20.5 Å². The zero-order valence-corrected chi connectivity index (χ0v) is 5.48. The second-order valence-corrected chi connectivity index (χ2v) is 1.73. The molecule has 0 N–H and O–H groups in total. The van der Waals surface area contributed by atoms with Crippen LogP contribution in [0.15, 0.2) is 0 Å². The summed E-state index contributed by atoms with van der Waals surface area (Å²) in [6.45, 7) is 2.51. The topological polar surface area (TPSA) is 9.23 Å². The molecule has 44 valence electrons. The van der Waals surface area contributed by atoms with Crippen LogP contribution in [0.1, 0.15) is 13.3 Å². The van der Waals surface area contributed by atoms with Crippen molar-refractivity contribution in [2.45, 2.75) is 19.3 Å². The molecule has 0 radical (unpaired) electrons. The van der Waals surface area contributed by atoms with Gasteiger partial charge < -0.3 is 4.74 Å². The molecule has 0 spiro atoms. The van der Waals surface area contributed by atoms with Gasteiger partial charge in [0.1, 0.15) is 14.5 Å². The monoisotopic (exact) mass is 110 g/mol. The summed E-state index contributed by atoms with van der Waals surface area (Å²) in [6, 6.07) is 0.311. The fraction of sp³-hybridized carbons (Fsp3) is 0.667. The van der Waals surface area contributed by atoms with E-state index in [1.165, 1.54) is 0 Å². The Kier molecular flexibility index (Phi) is 4.49. The Morgan fingerprint density at radius 2 is 2.50 bits per heavy atom. The van der Waals surface area contributed by atoms with Gasteiger partial charge in [-0.3, -0.25) is 0 Å². The van der Waals surface area contributed by atoms with E-state index < -0.39 is 0 Å². The number of hydrogen-bond acceptors (Lipinski definition) is 1. The molecule has 0 aliphatic heterocycles.